The number of hydrogen-bond donors (Lipinski definition) is 1. The van der Waals surface area contributed by atoms with E-state index in [0.717, 1.165) is 32.2 Å². The summed E-state index contributed by atoms with van der Waals surface area (Å²) in [4.78, 5) is 56.1. The summed E-state index contributed by atoms with van der Waals surface area (Å²) in [6.07, 6.45) is 4.47. The molecule has 10 unspecified atom stereocenters. The van der Waals surface area contributed by atoms with E-state index in [1.165, 1.54) is 24.8 Å². The lowest BCUT2D eigenvalue weighted by Crippen LogP contribution is -2.63. The molecule has 3 saturated heterocycles. The molecule has 4 aromatic carbocycles. The van der Waals surface area contributed by atoms with Crippen LogP contribution >= 0.6 is 0 Å². The van der Waals surface area contributed by atoms with Crippen molar-refractivity contribution in [1.82, 2.24) is 5.32 Å². The van der Waals surface area contributed by atoms with Crippen LogP contribution in [0.2, 0.25) is 0 Å². The van der Waals surface area contributed by atoms with Crippen molar-refractivity contribution in [1.29, 1.82) is 0 Å². The molecule has 12 heteroatoms. The van der Waals surface area contributed by atoms with Crippen LogP contribution < -0.4 is 5.32 Å². The highest BCUT2D eigenvalue weighted by molar-refractivity contribution is 5.91. The van der Waals surface area contributed by atoms with Crippen LogP contribution in [0.15, 0.2) is 133 Å². The van der Waals surface area contributed by atoms with Gasteiger partial charge in [-0.1, -0.05) is 112 Å². The highest BCUT2D eigenvalue weighted by Crippen LogP contribution is 2.70. The summed E-state index contributed by atoms with van der Waals surface area (Å²) in [6.45, 7) is 10.5. The van der Waals surface area contributed by atoms with Crippen molar-refractivity contribution in [3.63, 3.8) is 0 Å². The van der Waals surface area contributed by atoms with Crippen LogP contribution in [0, 0.1) is 46.3 Å². The molecule has 3 heterocycles. The molecule has 7 aliphatic rings. The first-order valence-electron chi connectivity index (χ1n) is 26.8. The maximum atomic E-state index is 14.2. The van der Waals surface area contributed by atoms with Gasteiger partial charge in [-0.05, 0) is 147 Å². The summed E-state index contributed by atoms with van der Waals surface area (Å²) in [5, 5.41) is 3.90. The molecule has 384 valence electrons. The predicted octanol–water partition coefficient (Wildman–Crippen LogP) is 10.6. The largest absolute Gasteiger partial charge is 0.459 e. The normalized spacial score (nSPS) is 37.3. The van der Waals surface area contributed by atoms with Gasteiger partial charge < -0.3 is 33.2 Å². The van der Waals surface area contributed by atoms with Gasteiger partial charge in [-0.2, -0.15) is 0 Å². The molecule has 1 N–H and O–H groups in total. The number of nitrogens with one attached hydrogen (secondary N) is 1. The van der Waals surface area contributed by atoms with Crippen LogP contribution in [-0.4, -0.2) is 85.7 Å². The van der Waals surface area contributed by atoms with Crippen LogP contribution in [-0.2, 0) is 33.2 Å². The molecule has 4 aliphatic carbocycles. The van der Waals surface area contributed by atoms with E-state index in [-0.39, 0.29) is 45.5 Å². The zero-order valence-electron chi connectivity index (χ0n) is 42.4. The van der Waals surface area contributed by atoms with Crippen molar-refractivity contribution in [3.05, 3.63) is 155 Å². The van der Waals surface area contributed by atoms with Gasteiger partial charge in [0.2, 0.25) is 0 Å². The number of ether oxygens (including phenoxy) is 7. The number of benzene rings is 4. The Morgan fingerprint density at radius 2 is 1.21 bits per heavy atom. The monoisotopic (exact) mass is 991 g/mol. The summed E-state index contributed by atoms with van der Waals surface area (Å²) in [5.41, 5.74) is 2.38. The fourth-order valence-electron chi connectivity index (χ4n) is 14.8. The molecule has 6 fully saturated rings. The van der Waals surface area contributed by atoms with Crippen molar-refractivity contribution in [3.8, 4) is 0 Å². The maximum absolute atomic E-state index is 14.2. The summed E-state index contributed by atoms with van der Waals surface area (Å²) >= 11 is 0. The Balaban J connectivity index is 0.890. The number of rotatable bonds is 11. The average molecular weight is 992 g/mol. The van der Waals surface area contributed by atoms with Crippen molar-refractivity contribution in [2.75, 3.05) is 13.2 Å². The number of esters is 4. The summed E-state index contributed by atoms with van der Waals surface area (Å²) < 4.78 is 46.0. The van der Waals surface area contributed by atoms with E-state index in [4.69, 9.17) is 33.2 Å². The third-order valence-electron chi connectivity index (χ3n) is 18.6. The first kappa shape index (κ1) is 49.5. The summed E-state index contributed by atoms with van der Waals surface area (Å²) in [6, 6.07) is 33.8. The van der Waals surface area contributed by atoms with Gasteiger partial charge in [0.05, 0.1) is 34.5 Å². The van der Waals surface area contributed by atoms with Crippen LogP contribution in [0.4, 0.5) is 0 Å². The quantitative estimate of drug-likeness (QED) is 0.0867. The molecule has 0 bridgehead atoms. The highest BCUT2D eigenvalue weighted by Gasteiger charge is 2.68. The number of fused-ring (bicyclic) bond motifs is 7. The minimum atomic E-state index is -1.49. The van der Waals surface area contributed by atoms with E-state index in [1.54, 1.807) is 121 Å². The van der Waals surface area contributed by atoms with Gasteiger partial charge in [0.15, 0.2) is 24.6 Å². The molecule has 73 heavy (non-hydrogen) atoms. The zero-order chi connectivity index (χ0) is 50.5. The van der Waals surface area contributed by atoms with Crippen molar-refractivity contribution < 1.29 is 52.3 Å². The molecule has 3 saturated carbocycles. The topological polar surface area (TPSA) is 145 Å². The number of hydrogen-bond acceptors (Lipinski definition) is 12. The van der Waals surface area contributed by atoms with E-state index < -0.39 is 61.2 Å². The molecule has 0 radical (unpaired) electrons. The second-order valence-corrected chi connectivity index (χ2v) is 22.6. The molecular formula is C61H69NO11. The standard InChI is InChI=1S/C61H69NO11/c1-37-27-32-61(62-35-37)38(2)50-48(73-61)34-47-45-26-25-43-33-44(28-30-59(43,3)46(45)29-31-60(47,50)4)68-58-53(72-57(66)42-23-15-8-16-24-42)52(71-56(65)41-21-13-7-14-22-41)51(70-55(64)40-19-11-6-12-20-40)49(69-58)36-67-54(63)39-17-9-5-10-18-39/h5-25,37-38,44-53,58,62H,26-36H2,1-4H3/t37?,38?,44-,45?,46?,47?,48?,49?,50?,51+,52?,53+,58-,59-,60-,61?/m0/s1. The minimum Gasteiger partial charge on any atom is -0.459 e. The number of carbonyl (C=O) groups excluding carboxylic acids is 4. The number of carbonyl (C=O) groups is 4. The second kappa shape index (κ2) is 20.2. The molecule has 11 rings (SSSR count). The van der Waals surface area contributed by atoms with Gasteiger partial charge in [-0.15, -0.1) is 0 Å². The van der Waals surface area contributed by atoms with Crippen LogP contribution in [0.25, 0.3) is 0 Å². The van der Waals surface area contributed by atoms with Gasteiger partial charge in [-0.25, -0.2) is 19.2 Å². The fraction of sp³-hybridized carbons (Fsp3) is 0.508. The third-order valence-corrected chi connectivity index (χ3v) is 18.6. The smallest absolute Gasteiger partial charge is 0.338 e. The van der Waals surface area contributed by atoms with Crippen LogP contribution in [0.1, 0.15) is 127 Å². The predicted molar refractivity (Wildman–Crippen MR) is 271 cm³/mol. The van der Waals surface area contributed by atoms with Gasteiger partial charge in [0.25, 0.3) is 0 Å². The molecule has 0 amide bonds. The Bertz CT molecular complexity index is 2660. The molecule has 12 nitrogen and oxygen atoms in total. The molecule has 0 aromatic heterocycles. The van der Waals surface area contributed by atoms with Crippen molar-refractivity contribution in [2.45, 2.75) is 134 Å². The lowest BCUT2D eigenvalue weighted by atomic mass is 9.47. The number of allylic oxidation sites excluding steroid dienone is 1. The SMILES string of the molecule is CC1CCC2(NC1)OC1CC3C4CC=C5C[C@@H](O[C@H]6OC(COC(=O)c7ccccc7)[C@@H](OC(=O)c7ccccc7)C(OC(=O)c7ccccc7)[C@H]6OC(=O)c6ccccc6)CC[C@]5(C)C4CC[C@]3(C)C1C2C. The summed E-state index contributed by atoms with van der Waals surface area (Å²) in [7, 11) is 0. The van der Waals surface area contributed by atoms with E-state index in [1.807, 2.05) is 0 Å². The van der Waals surface area contributed by atoms with E-state index in [2.05, 4.69) is 39.1 Å². The van der Waals surface area contributed by atoms with Crippen molar-refractivity contribution in [2.24, 2.45) is 46.3 Å². The van der Waals surface area contributed by atoms with Crippen LogP contribution in [0.5, 0.6) is 0 Å². The lowest BCUT2D eigenvalue weighted by molar-refractivity contribution is -0.310. The summed E-state index contributed by atoms with van der Waals surface area (Å²) in [5.74, 6) is 0.528. The third kappa shape index (κ3) is 9.35. The molecule has 16 atom stereocenters. The maximum Gasteiger partial charge on any atom is 0.338 e. The molecule has 3 aliphatic heterocycles. The average Bonchev–Trinajstić information content (AvgIpc) is 3.88. The first-order valence-corrected chi connectivity index (χ1v) is 26.8. The second-order valence-electron chi connectivity index (χ2n) is 22.6. The van der Waals surface area contributed by atoms with Gasteiger partial charge >= 0.3 is 23.9 Å². The zero-order valence-corrected chi connectivity index (χ0v) is 42.4. The van der Waals surface area contributed by atoms with E-state index in [0.29, 0.717) is 53.9 Å². The molecular weight excluding hydrogens is 923 g/mol. The Labute approximate surface area is 428 Å². The van der Waals surface area contributed by atoms with Gasteiger partial charge in [0, 0.05) is 12.5 Å². The van der Waals surface area contributed by atoms with E-state index in [9.17, 15) is 19.2 Å². The van der Waals surface area contributed by atoms with Gasteiger partial charge in [0.1, 0.15) is 18.4 Å². The van der Waals surface area contributed by atoms with Gasteiger partial charge in [-0.3, -0.25) is 5.32 Å². The fourth-order valence-corrected chi connectivity index (χ4v) is 14.8. The Hall–Kier alpha value is -5.66. The Morgan fingerprint density at radius 3 is 1.78 bits per heavy atom. The molecule has 1 spiro atoms. The van der Waals surface area contributed by atoms with Crippen LogP contribution in [0.3, 0.4) is 0 Å². The first-order chi connectivity index (χ1) is 35.3. The Morgan fingerprint density at radius 1 is 0.644 bits per heavy atom. The lowest BCUT2D eigenvalue weighted by Gasteiger charge is -2.59. The van der Waals surface area contributed by atoms with Crippen molar-refractivity contribution >= 4 is 23.9 Å². The Kier molecular flexibility index (Phi) is 13.7. The molecule has 4 aromatic rings. The highest BCUT2D eigenvalue weighted by atomic mass is 16.7. The minimum absolute atomic E-state index is 0.0260. The van der Waals surface area contributed by atoms with E-state index >= 15 is 0 Å². The number of piperidine rings is 1.